The first-order chi connectivity index (χ1) is 8.28. The number of nitriles is 1. The molecule has 96 valence electrons. The summed E-state index contributed by atoms with van der Waals surface area (Å²) in [6, 6.07) is 3.59. The Kier molecular flexibility index (Phi) is 3.81. The molecule has 0 bridgehead atoms. The standard InChI is InChI=1S/C11H8F3NO3/c1-6-3-8(10(16)17-2)7(5-15)4-9(6)18-11(12,13)14/h3-4H,1-2H3. The summed E-state index contributed by atoms with van der Waals surface area (Å²) in [5.41, 5.74) is -0.273. The fraction of sp³-hybridized carbons (Fsp3) is 0.273. The van der Waals surface area contributed by atoms with Crippen LogP contribution in [0.15, 0.2) is 12.1 Å². The topological polar surface area (TPSA) is 59.3 Å². The zero-order chi connectivity index (χ0) is 13.9. The molecule has 0 N–H and O–H groups in total. The molecule has 1 aromatic carbocycles. The first kappa shape index (κ1) is 13.8. The Morgan fingerprint density at radius 2 is 2.00 bits per heavy atom. The van der Waals surface area contributed by atoms with Gasteiger partial charge >= 0.3 is 12.3 Å². The van der Waals surface area contributed by atoms with Crippen LogP contribution in [0.4, 0.5) is 13.2 Å². The maximum atomic E-state index is 12.1. The minimum atomic E-state index is -4.86. The SMILES string of the molecule is COC(=O)c1cc(C)c(OC(F)(F)F)cc1C#N. The van der Waals surface area contributed by atoms with Crippen LogP contribution >= 0.6 is 0 Å². The number of nitrogens with zero attached hydrogens (tertiary/aromatic N) is 1. The third-order valence-corrected chi connectivity index (χ3v) is 2.07. The smallest absolute Gasteiger partial charge is 0.465 e. The molecule has 7 heteroatoms. The van der Waals surface area contributed by atoms with E-state index in [0.29, 0.717) is 0 Å². The molecule has 0 heterocycles. The van der Waals surface area contributed by atoms with Crippen molar-refractivity contribution in [3.8, 4) is 11.8 Å². The number of methoxy groups -OCH3 is 1. The molecule has 0 fully saturated rings. The van der Waals surface area contributed by atoms with E-state index in [4.69, 9.17) is 5.26 Å². The predicted molar refractivity (Wildman–Crippen MR) is 53.9 cm³/mol. The second kappa shape index (κ2) is 4.96. The third kappa shape index (κ3) is 3.13. The Bertz CT molecular complexity index is 517. The highest BCUT2D eigenvalue weighted by atomic mass is 19.4. The van der Waals surface area contributed by atoms with Gasteiger partial charge in [-0.3, -0.25) is 0 Å². The summed E-state index contributed by atoms with van der Waals surface area (Å²) in [7, 11) is 1.11. The summed E-state index contributed by atoms with van der Waals surface area (Å²) < 4.78 is 44.4. The Labute approximate surface area is 101 Å². The first-order valence-electron chi connectivity index (χ1n) is 4.67. The average Bonchev–Trinajstić information content (AvgIpc) is 2.28. The summed E-state index contributed by atoms with van der Waals surface area (Å²) >= 11 is 0. The second-order valence-corrected chi connectivity index (χ2v) is 3.31. The number of halogens is 3. The van der Waals surface area contributed by atoms with E-state index in [1.807, 2.05) is 0 Å². The summed E-state index contributed by atoms with van der Waals surface area (Å²) in [4.78, 5) is 11.3. The monoisotopic (exact) mass is 259 g/mol. The van der Waals surface area contributed by atoms with Gasteiger partial charge in [-0.05, 0) is 24.6 Å². The number of alkyl halides is 3. The van der Waals surface area contributed by atoms with Crippen molar-refractivity contribution in [2.24, 2.45) is 0 Å². The molecule has 0 amide bonds. The van der Waals surface area contributed by atoms with Crippen LogP contribution in [0.2, 0.25) is 0 Å². The molecule has 0 radical (unpaired) electrons. The van der Waals surface area contributed by atoms with Crippen molar-refractivity contribution in [2.75, 3.05) is 7.11 Å². The number of aryl methyl sites for hydroxylation is 1. The normalized spacial score (nSPS) is 10.7. The lowest BCUT2D eigenvalue weighted by Crippen LogP contribution is -2.18. The molecule has 0 saturated heterocycles. The van der Waals surface area contributed by atoms with Gasteiger partial charge in [0.25, 0.3) is 0 Å². The highest BCUT2D eigenvalue weighted by Crippen LogP contribution is 2.28. The molecule has 0 atom stereocenters. The molecule has 0 saturated carbocycles. The zero-order valence-corrected chi connectivity index (χ0v) is 9.46. The van der Waals surface area contributed by atoms with E-state index >= 15 is 0 Å². The minimum absolute atomic E-state index is 0.0757. The third-order valence-electron chi connectivity index (χ3n) is 2.07. The van der Waals surface area contributed by atoms with Crippen molar-refractivity contribution in [2.45, 2.75) is 13.3 Å². The zero-order valence-electron chi connectivity index (χ0n) is 9.46. The molecule has 0 aliphatic carbocycles. The average molecular weight is 259 g/mol. The Morgan fingerprint density at radius 1 is 1.39 bits per heavy atom. The number of carbonyl (C=O) groups excluding carboxylic acids is 1. The molecule has 1 aromatic rings. The van der Waals surface area contributed by atoms with E-state index in [1.165, 1.54) is 6.92 Å². The molecular weight excluding hydrogens is 251 g/mol. The van der Waals surface area contributed by atoms with Crippen molar-refractivity contribution in [3.05, 3.63) is 28.8 Å². The van der Waals surface area contributed by atoms with Crippen molar-refractivity contribution in [1.29, 1.82) is 5.26 Å². The lowest BCUT2D eigenvalue weighted by atomic mass is 10.0. The number of ether oxygens (including phenoxy) is 2. The fourth-order valence-corrected chi connectivity index (χ4v) is 1.29. The van der Waals surface area contributed by atoms with Gasteiger partial charge in [-0.2, -0.15) is 5.26 Å². The second-order valence-electron chi connectivity index (χ2n) is 3.31. The number of benzene rings is 1. The van der Waals surface area contributed by atoms with Gasteiger partial charge in [0.2, 0.25) is 0 Å². The van der Waals surface area contributed by atoms with Crippen molar-refractivity contribution >= 4 is 5.97 Å². The summed E-state index contributed by atoms with van der Waals surface area (Å²) in [5, 5.41) is 8.78. The van der Waals surface area contributed by atoms with Gasteiger partial charge in [-0.25, -0.2) is 4.79 Å². The van der Waals surface area contributed by atoms with Gasteiger partial charge in [0.1, 0.15) is 11.8 Å². The van der Waals surface area contributed by atoms with Crippen molar-refractivity contribution in [1.82, 2.24) is 0 Å². The Balaban J connectivity index is 3.28. The summed E-state index contributed by atoms with van der Waals surface area (Å²) in [6.07, 6.45) is -4.86. The van der Waals surface area contributed by atoms with Crippen LogP contribution in [0.1, 0.15) is 21.5 Å². The van der Waals surface area contributed by atoms with Crippen LogP contribution in [0.25, 0.3) is 0 Å². The molecule has 18 heavy (non-hydrogen) atoms. The maximum Gasteiger partial charge on any atom is 0.573 e. The van der Waals surface area contributed by atoms with Gasteiger partial charge in [-0.1, -0.05) is 0 Å². The highest BCUT2D eigenvalue weighted by molar-refractivity contribution is 5.92. The summed E-state index contributed by atoms with van der Waals surface area (Å²) in [6.45, 7) is 1.33. The Morgan fingerprint density at radius 3 is 2.44 bits per heavy atom. The molecule has 0 spiro atoms. The van der Waals surface area contributed by atoms with E-state index in [2.05, 4.69) is 9.47 Å². The van der Waals surface area contributed by atoms with Crippen LogP contribution in [0, 0.1) is 18.3 Å². The number of carbonyl (C=O) groups is 1. The van der Waals surface area contributed by atoms with Crippen LogP contribution in [-0.2, 0) is 4.74 Å². The van der Waals surface area contributed by atoms with Crippen molar-refractivity contribution < 1.29 is 27.4 Å². The van der Waals surface area contributed by atoms with E-state index in [1.54, 1.807) is 6.07 Å². The molecular formula is C11H8F3NO3. The molecule has 4 nitrogen and oxygen atoms in total. The number of hydrogen-bond donors (Lipinski definition) is 0. The van der Waals surface area contributed by atoms with Crippen LogP contribution < -0.4 is 4.74 Å². The van der Waals surface area contributed by atoms with Gasteiger partial charge in [0, 0.05) is 0 Å². The van der Waals surface area contributed by atoms with E-state index in [-0.39, 0.29) is 16.7 Å². The fourth-order valence-electron chi connectivity index (χ4n) is 1.29. The largest absolute Gasteiger partial charge is 0.573 e. The highest BCUT2D eigenvalue weighted by Gasteiger charge is 2.32. The van der Waals surface area contributed by atoms with Gasteiger partial charge in [-0.15, -0.1) is 13.2 Å². The van der Waals surface area contributed by atoms with Crippen LogP contribution in [0.5, 0.6) is 5.75 Å². The molecule has 0 unspecified atom stereocenters. The number of rotatable bonds is 2. The minimum Gasteiger partial charge on any atom is -0.465 e. The van der Waals surface area contributed by atoms with Gasteiger partial charge < -0.3 is 9.47 Å². The molecule has 0 aliphatic heterocycles. The first-order valence-corrected chi connectivity index (χ1v) is 4.67. The lowest BCUT2D eigenvalue weighted by Gasteiger charge is -2.13. The number of hydrogen-bond acceptors (Lipinski definition) is 4. The van der Waals surface area contributed by atoms with Crippen LogP contribution in [0.3, 0.4) is 0 Å². The van der Waals surface area contributed by atoms with Gasteiger partial charge in [0.15, 0.2) is 0 Å². The van der Waals surface area contributed by atoms with Gasteiger partial charge in [0.05, 0.1) is 18.2 Å². The van der Waals surface area contributed by atoms with E-state index in [9.17, 15) is 18.0 Å². The lowest BCUT2D eigenvalue weighted by molar-refractivity contribution is -0.274. The Hall–Kier alpha value is -2.23. The quantitative estimate of drug-likeness (QED) is 0.766. The molecule has 1 rings (SSSR count). The predicted octanol–water partition coefficient (Wildman–Crippen LogP) is 2.55. The van der Waals surface area contributed by atoms with E-state index in [0.717, 1.165) is 19.2 Å². The van der Waals surface area contributed by atoms with Crippen LogP contribution in [-0.4, -0.2) is 19.4 Å². The maximum absolute atomic E-state index is 12.1. The summed E-state index contributed by atoms with van der Waals surface area (Å²) in [5.74, 6) is -1.32. The van der Waals surface area contributed by atoms with E-state index < -0.39 is 18.1 Å². The molecule has 0 aliphatic rings. The van der Waals surface area contributed by atoms with Crippen molar-refractivity contribution in [3.63, 3.8) is 0 Å². The molecule has 0 aromatic heterocycles. The number of esters is 1.